The predicted molar refractivity (Wildman–Crippen MR) is 282 cm³/mol. The van der Waals surface area contributed by atoms with Gasteiger partial charge in [0.1, 0.15) is 18.7 Å². The van der Waals surface area contributed by atoms with Crippen molar-refractivity contribution in [1.29, 1.82) is 0 Å². The molecule has 4 N–H and O–H groups in total. The quantitative estimate of drug-likeness (QED) is 0.0489. The molecule has 0 radical (unpaired) electrons. The van der Waals surface area contributed by atoms with Crippen molar-refractivity contribution in [3.05, 3.63) is 101 Å². The molecule has 75 heavy (non-hydrogen) atoms. The Morgan fingerprint density at radius 1 is 0.760 bits per heavy atom. The fourth-order valence-electron chi connectivity index (χ4n) is 8.86. The molecule has 20 heteroatoms. The standard InChI is InChI=1S/C55H66N8O12/c1-8-18-75-54(68)60-49(33(2)3)51(65)58-36(6)50(64)59-38-15-13-37(14-16-38)32-61(55(69)70)17-12-21-74-46-25-42-44(57-29-40-23-35(5)31-63(40)53(42)67)27-48(46)73-20-11-9-10-19-72-47-26-43-41(24-45(47)71-7)52(66)62-30-34(4)22-39(62)28-56-43/h8,13-16,24-31,33,36,39-40,49H,1,9-12,17-23,32H2,2-7H3,(H,58,65)(H,59,64)(H,60,68)(H,69,70)/t36-,39-,40-,49-/m0/s1. The molecule has 398 valence electrons. The smallest absolute Gasteiger partial charge is 0.408 e. The first kappa shape index (κ1) is 54.6. The van der Waals surface area contributed by atoms with Gasteiger partial charge in [-0.05, 0) is 95.0 Å². The van der Waals surface area contributed by atoms with Crippen LogP contribution >= 0.6 is 0 Å². The maximum Gasteiger partial charge on any atom is 0.408 e. The summed E-state index contributed by atoms with van der Waals surface area (Å²) >= 11 is 0. The summed E-state index contributed by atoms with van der Waals surface area (Å²) < 4.78 is 29.2. The highest BCUT2D eigenvalue weighted by Gasteiger charge is 2.34. The normalized spacial score (nSPS) is 16.9. The molecule has 0 fully saturated rings. The van der Waals surface area contributed by atoms with Crippen LogP contribution < -0.4 is 34.9 Å². The van der Waals surface area contributed by atoms with Crippen molar-refractivity contribution < 1.29 is 57.6 Å². The highest BCUT2D eigenvalue weighted by atomic mass is 16.5. The third-order valence-electron chi connectivity index (χ3n) is 12.8. The van der Waals surface area contributed by atoms with Crippen LogP contribution in [0.1, 0.15) is 99.4 Å². The zero-order valence-electron chi connectivity index (χ0n) is 43.3. The Morgan fingerprint density at radius 3 is 1.83 bits per heavy atom. The second-order valence-corrected chi connectivity index (χ2v) is 19.1. The van der Waals surface area contributed by atoms with E-state index < -0.39 is 36.1 Å². The number of amides is 6. The van der Waals surface area contributed by atoms with Crippen LogP contribution in [0.3, 0.4) is 0 Å². The first-order valence-corrected chi connectivity index (χ1v) is 25.1. The Balaban J connectivity index is 0.910. The van der Waals surface area contributed by atoms with Crippen LogP contribution in [0, 0.1) is 5.92 Å². The number of hydrogen-bond acceptors (Lipinski definition) is 13. The molecule has 0 aliphatic carbocycles. The second-order valence-electron chi connectivity index (χ2n) is 19.1. The minimum absolute atomic E-state index is 0.0225. The molecule has 4 aliphatic heterocycles. The number of nitrogens with zero attached hydrogens (tertiary/aromatic N) is 5. The molecule has 4 heterocycles. The Bertz CT molecular complexity index is 2770. The van der Waals surface area contributed by atoms with Crippen molar-refractivity contribution in [2.45, 2.75) is 104 Å². The number of rotatable bonds is 24. The number of methoxy groups -OCH3 is 1. The van der Waals surface area contributed by atoms with E-state index >= 15 is 0 Å². The minimum atomic E-state index is -1.14. The van der Waals surface area contributed by atoms with E-state index in [2.05, 4.69) is 32.5 Å². The third kappa shape index (κ3) is 13.9. The van der Waals surface area contributed by atoms with Gasteiger partial charge in [-0.15, -0.1) is 0 Å². The molecule has 0 spiro atoms. The van der Waals surface area contributed by atoms with Crippen LogP contribution in [0.5, 0.6) is 23.0 Å². The fraction of sp³-hybridized carbons (Fsp3) is 0.418. The van der Waals surface area contributed by atoms with Gasteiger partial charge in [0.15, 0.2) is 23.0 Å². The van der Waals surface area contributed by atoms with Gasteiger partial charge in [0.25, 0.3) is 11.8 Å². The lowest BCUT2D eigenvalue weighted by molar-refractivity contribution is -0.128. The summed E-state index contributed by atoms with van der Waals surface area (Å²) in [7, 11) is 1.54. The second kappa shape index (κ2) is 25.2. The molecule has 7 rings (SSSR count). The van der Waals surface area contributed by atoms with Gasteiger partial charge in [-0.3, -0.25) is 29.2 Å². The van der Waals surface area contributed by atoms with Crippen LogP contribution in [0.25, 0.3) is 0 Å². The van der Waals surface area contributed by atoms with Gasteiger partial charge in [0.2, 0.25) is 11.8 Å². The van der Waals surface area contributed by atoms with E-state index in [4.69, 9.17) is 23.7 Å². The summed E-state index contributed by atoms with van der Waals surface area (Å²) in [6, 6.07) is 11.2. The molecule has 0 unspecified atom stereocenters. The van der Waals surface area contributed by atoms with Gasteiger partial charge >= 0.3 is 12.2 Å². The zero-order chi connectivity index (χ0) is 53.8. The summed E-state index contributed by atoms with van der Waals surface area (Å²) in [5.41, 5.74) is 5.08. The first-order valence-electron chi connectivity index (χ1n) is 25.1. The summed E-state index contributed by atoms with van der Waals surface area (Å²) in [6.45, 7) is 13.4. The summed E-state index contributed by atoms with van der Waals surface area (Å²) in [6.07, 6.45) is 10.6. The van der Waals surface area contributed by atoms with Crippen LogP contribution in [0.15, 0.2) is 94.7 Å². The lowest BCUT2D eigenvalue weighted by Gasteiger charge is -2.23. The number of aliphatic imine (C=N–C) groups is 2. The molecule has 6 amide bonds. The van der Waals surface area contributed by atoms with E-state index in [1.54, 1.807) is 84.6 Å². The van der Waals surface area contributed by atoms with Gasteiger partial charge in [-0.25, -0.2) is 9.59 Å². The van der Waals surface area contributed by atoms with Crippen molar-refractivity contribution in [2.75, 3.05) is 45.4 Å². The number of nitrogens with one attached hydrogen (secondary N) is 3. The SMILES string of the molecule is C=CCOC(=O)N[C@H](C(=O)N[C@@H](C)C(=O)Nc1ccc(CN(CCCOc2cc3c(cc2OCCCCCOc2cc4c(cc2OC)C(=O)N2C=C(C)C[C@H]2C=N4)N=C[C@@H]2CC(C)=CN2C3=O)C(=O)O)cc1)C(C)C. The molecule has 0 saturated heterocycles. The molecular weight excluding hydrogens is 965 g/mol. The van der Waals surface area contributed by atoms with E-state index in [0.717, 1.165) is 24.0 Å². The van der Waals surface area contributed by atoms with Crippen molar-refractivity contribution in [2.24, 2.45) is 15.9 Å². The van der Waals surface area contributed by atoms with Crippen LogP contribution in [0.4, 0.5) is 26.7 Å². The number of unbranched alkanes of at least 4 members (excludes halogenated alkanes) is 2. The molecule has 4 atom stereocenters. The average molecular weight is 1030 g/mol. The Morgan fingerprint density at radius 2 is 1.29 bits per heavy atom. The molecule has 0 bridgehead atoms. The maximum absolute atomic E-state index is 13.8. The number of carboxylic acid groups (broad SMARTS) is 1. The number of carbonyl (C=O) groups excluding carboxylic acids is 5. The summed E-state index contributed by atoms with van der Waals surface area (Å²) in [5, 5.41) is 18.0. The Hall–Kier alpha value is -8.16. The highest BCUT2D eigenvalue weighted by Crippen LogP contribution is 2.40. The van der Waals surface area contributed by atoms with Crippen LogP contribution in [0.2, 0.25) is 0 Å². The number of hydrogen-bond donors (Lipinski definition) is 4. The van der Waals surface area contributed by atoms with Gasteiger partial charge in [-0.1, -0.05) is 49.8 Å². The first-order chi connectivity index (χ1) is 36.0. The van der Waals surface area contributed by atoms with E-state index in [-0.39, 0.29) is 56.1 Å². The van der Waals surface area contributed by atoms with Gasteiger partial charge < -0.3 is 59.4 Å². The molecule has 0 saturated carbocycles. The number of fused-ring (bicyclic) bond motifs is 4. The Labute approximate surface area is 436 Å². The van der Waals surface area contributed by atoms with Crippen molar-refractivity contribution in [3.63, 3.8) is 0 Å². The minimum Gasteiger partial charge on any atom is -0.493 e. The predicted octanol–water partition coefficient (Wildman–Crippen LogP) is 8.32. The zero-order valence-corrected chi connectivity index (χ0v) is 43.3. The van der Waals surface area contributed by atoms with Gasteiger partial charge in [-0.2, -0.15) is 0 Å². The molecule has 3 aromatic rings. The molecule has 4 aliphatic rings. The third-order valence-corrected chi connectivity index (χ3v) is 12.8. The van der Waals surface area contributed by atoms with E-state index in [9.17, 15) is 33.9 Å². The molecular formula is C55H66N8O12. The molecule has 0 aromatic heterocycles. The molecule has 20 nitrogen and oxygen atoms in total. The number of anilines is 1. The van der Waals surface area contributed by atoms with Crippen molar-refractivity contribution in [3.8, 4) is 23.0 Å². The lowest BCUT2D eigenvalue weighted by Crippen LogP contribution is -2.53. The average Bonchev–Trinajstić information content (AvgIpc) is 3.90. The topological polar surface area (TPSA) is 239 Å². The van der Waals surface area contributed by atoms with Crippen molar-refractivity contribution >= 4 is 65.3 Å². The Kier molecular flexibility index (Phi) is 18.3. The van der Waals surface area contributed by atoms with Crippen molar-refractivity contribution in [1.82, 2.24) is 25.3 Å². The van der Waals surface area contributed by atoms with E-state index in [0.29, 0.717) is 95.6 Å². The van der Waals surface area contributed by atoms with E-state index in [1.165, 1.54) is 25.0 Å². The number of carbonyl (C=O) groups is 6. The number of benzene rings is 3. The van der Waals surface area contributed by atoms with Crippen LogP contribution in [-0.2, 0) is 20.9 Å². The fourth-order valence-corrected chi connectivity index (χ4v) is 8.86. The van der Waals surface area contributed by atoms with Gasteiger partial charge in [0, 0.05) is 55.7 Å². The lowest BCUT2D eigenvalue weighted by atomic mass is 10.0. The summed E-state index contributed by atoms with van der Waals surface area (Å²) in [4.78, 5) is 91.6. The summed E-state index contributed by atoms with van der Waals surface area (Å²) in [5.74, 6) is -0.0265. The largest absolute Gasteiger partial charge is 0.493 e. The van der Waals surface area contributed by atoms with Crippen LogP contribution in [-0.4, -0.2) is 132 Å². The highest BCUT2D eigenvalue weighted by molar-refractivity contribution is 6.05. The van der Waals surface area contributed by atoms with E-state index in [1.807, 2.05) is 26.2 Å². The maximum atomic E-state index is 13.8. The molecule has 3 aromatic carbocycles. The number of alkyl carbamates (subject to hydrolysis) is 1. The number of ether oxygens (including phenoxy) is 5. The monoisotopic (exact) mass is 1030 g/mol. The van der Waals surface area contributed by atoms with Gasteiger partial charge in [0.05, 0.1) is 61.5 Å².